The normalized spacial score (nSPS) is 19.2. The highest BCUT2D eigenvalue weighted by Crippen LogP contribution is 2.31. The lowest BCUT2D eigenvalue weighted by atomic mass is 10.0. The molecule has 3 rings (SSSR count). The van der Waals surface area contributed by atoms with E-state index in [2.05, 4.69) is 10.4 Å². The van der Waals surface area contributed by atoms with Gasteiger partial charge in [-0.15, -0.1) is 0 Å². The number of amides is 1. The number of aromatic nitrogens is 2. The summed E-state index contributed by atoms with van der Waals surface area (Å²) in [7, 11) is 0. The van der Waals surface area contributed by atoms with Gasteiger partial charge in [-0.3, -0.25) is 4.68 Å². The van der Waals surface area contributed by atoms with E-state index < -0.39 is 11.7 Å². The number of hydrogen-bond donors (Lipinski definition) is 1. The van der Waals surface area contributed by atoms with Gasteiger partial charge in [-0.1, -0.05) is 18.2 Å². The number of ether oxygens (including phenoxy) is 2. The zero-order valence-corrected chi connectivity index (χ0v) is 14.0. The van der Waals surface area contributed by atoms with E-state index in [9.17, 15) is 4.79 Å². The van der Waals surface area contributed by atoms with Crippen molar-refractivity contribution in [1.82, 2.24) is 15.1 Å². The lowest BCUT2D eigenvalue weighted by Crippen LogP contribution is -2.43. The molecule has 0 aliphatic carbocycles. The van der Waals surface area contributed by atoms with E-state index in [1.54, 1.807) is 0 Å². The summed E-state index contributed by atoms with van der Waals surface area (Å²) in [6.45, 7) is 8.75. The Balaban J connectivity index is 1.83. The Labute approximate surface area is 135 Å². The Morgan fingerprint density at radius 2 is 2.17 bits per heavy atom. The predicted octanol–water partition coefficient (Wildman–Crippen LogP) is 3.02. The monoisotopic (exact) mass is 317 g/mol. The molecule has 1 aromatic heterocycles. The molecule has 1 aliphatic rings. The van der Waals surface area contributed by atoms with Gasteiger partial charge in [0.15, 0.2) is 0 Å². The van der Waals surface area contributed by atoms with E-state index in [-0.39, 0.29) is 12.1 Å². The van der Waals surface area contributed by atoms with Crippen LogP contribution in [0.25, 0.3) is 10.9 Å². The highest BCUT2D eigenvalue weighted by Gasteiger charge is 2.31. The van der Waals surface area contributed by atoms with Crippen LogP contribution in [0.4, 0.5) is 4.79 Å². The summed E-state index contributed by atoms with van der Waals surface area (Å²) in [5, 5.41) is 8.56. The summed E-state index contributed by atoms with van der Waals surface area (Å²) in [6, 6.07) is 7.77. The third-order valence-electron chi connectivity index (χ3n) is 3.76. The van der Waals surface area contributed by atoms with Crippen LogP contribution in [0.15, 0.2) is 24.3 Å². The Bertz CT molecular complexity index is 717. The van der Waals surface area contributed by atoms with E-state index in [1.807, 2.05) is 56.6 Å². The first-order chi connectivity index (χ1) is 10.8. The molecule has 0 saturated carbocycles. The molecule has 0 bridgehead atoms. The Hall–Kier alpha value is -2.08. The SMILES string of the molecule is C[C@H](NC(=O)OC(C)(C)C)[C@H]1OCCn2nc3ccccc3c21. The lowest BCUT2D eigenvalue weighted by Gasteiger charge is -2.30. The van der Waals surface area contributed by atoms with Crippen LogP contribution in [0, 0.1) is 0 Å². The number of carbonyl (C=O) groups is 1. The van der Waals surface area contributed by atoms with Crippen molar-refractivity contribution in [3.05, 3.63) is 30.0 Å². The van der Waals surface area contributed by atoms with Crippen molar-refractivity contribution in [3.63, 3.8) is 0 Å². The van der Waals surface area contributed by atoms with Gasteiger partial charge in [0.25, 0.3) is 0 Å². The molecule has 23 heavy (non-hydrogen) atoms. The molecule has 1 aliphatic heterocycles. The van der Waals surface area contributed by atoms with E-state index in [0.29, 0.717) is 6.61 Å². The number of rotatable bonds is 2. The van der Waals surface area contributed by atoms with Gasteiger partial charge in [0.05, 0.1) is 30.4 Å². The highest BCUT2D eigenvalue weighted by molar-refractivity contribution is 5.82. The van der Waals surface area contributed by atoms with Crippen LogP contribution in [-0.4, -0.2) is 34.1 Å². The standard InChI is InChI=1S/C17H23N3O3/c1-11(18-16(21)23-17(2,3)4)15-14-12-7-5-6-8-13(12)19-20(14)9-10-22-15/h5-8,11,15H,9-10H2,1-4H3,(H,18,21)/t11-,15+/m0/s1. The van der Waals surface area contributed by atoms with Crippen LogP contribution >= 0.6 is 0 Å². The fraction of sp³-hybridized carbons (Fsp3) is 0.529. The van der Waals surface area contributed by atoms with Crippen LogP contribution < -0.4 is 5.32 Å². The summed E-state index contributed by atoms with van der Waals surface area (Å²) >= 11 is 0. The van der Waals surface area contributed by atoms with Gasteiger partial charge in [0.1, 0.15) is 11.7 Å². The molecule has 0 spiro atoms. The summed E-state index contributed by atoms with van der Waals surface area (Å²) in [5.74, 6) is 0. The predicted molar refractivity (Wildman–Crippen MR) is 87.3 cm³/mol. The lowest BCUT2D eigenvalue weighted by molar-refractivity contribution is -0.00765. The molecular weight excluding hydrogens is 294 g/mol. The molecule has 0 radical (unpaired) electrons. The molecule has 1 amide bonds. The molecular formula is C17H23N3O3. The average molecular weight is 317 g/mol. The van der Waals surface area contributed by atoms with Gasteiger partial charge in [-0.05, 0) is 33.8 Å². The number of nitrogens with zero attached hydrogens (tertiary/aromatic N) is 2. The Morgan fingerprint density at radius 1 is 1.43 bits per heavy atom. The number of benzene rings is 1. The van der Waals surface area contributed by atoms with Crippen molar-refractivity contribution in [2.24, 2.45) is 0 Å². The zero-order chi connectivity index (χ0) is 16.6. The highest BCUT2D eigenvalue weighted by atomic mass is 16.6. The molecule has 0 unspecified atom stereocenters. The number of alkyl carbamates (subject to hydrolysis) is 1. The maximum Gasteiger partial charge on any atom is 0.407 e. The van der Waals surface area contributed by atoms with E-state index in [1.165, 1.54) is 0 Å². The van der Waals surface area contributed by atoms with E-state index >= 15 is 0 Å². The first-order valence-electron chi connectivity index (χ1n) is 7.92. The molecule has 2 atom stereocenters. The number of carbonyl (C=O) groups excluding carboxylic acids is 1. The van der Waals surface area contributed by atoms with Crippen LogP contribution in [0.5, 0.6) is 0 Å². The molecule has 1 N–H and O–H groups in total. The van der Waals surface area contributed by atoms with Crippen molar-refractivity contribution in [2.45, 2.75) is 52.0 Å². The first kappa shape index (κ1) is 15.8. The largest absolute Gasteiger partial charge is 0.444 e. The number of fused-ring (bicyclic) bond motifs is 3. The van der Waals surface area contributed by atoms with E-state index in [4.69, 9.17) is 9.47 Å². The van der Waals surface area contributed by atoms with Crippen molar-refractivity contribution >= 4 is 17.0 Å². The summed E-state index contributed by atoms with van der Waals surface area (Å²) in [4.78, 5) is 12.0. The first-order valence-corrected chi connectivity index (χ1v) is 7.92. The van der Waals surface area contributed by atoms with Gasteiger partial charge in [0, 0.05) is 5.39 Å². The minimum Gasteiger partial charge on any atom is -0.444 e. The Morgan fingerprint density at radius 3 is 2.91 bits per heavy atom. The quantitative estimate of drug-likeness (QED) is 0.924. The molecule has 6 heteroatoms. The topological polar surface area (TPSA) is 65.4 Å². The van der Waals surface area contributed by atoms with Crippen LogP contribution in [0.1, 0.15) is 39.5 Å². The van der Waals surface area contributed by atoms with Crippen LogP contribution in [-0.2, 0) is 16.0 Å². The summed E-state index contributed by atoms with van der Waals surface area (Å²) in [6.07, 6.45) is -0.682. The fourth-order valence-corrected chi connectivity index (χ4v) is 2.87. The second-order valence-corrected chi connectivity index (χ2v) is 6.85. The maximum absolute atomic E-state index is 12.0. The van der Waals surface area contributed by atoms with Crippen molar-refractivity contribution in [2.75, 3.05) is 6.61 Å². The van der Waals surface area contributed by atoms with Gasteiger partial charge in [0.2, 0.25) is 0 Å². The van der Waals surface area contributed by atoms with Crippen molar-refractivity contribution in [1.29, 1.82) is 0 Å². The minimum atomic E-state index is -0.522. The van der Waals surface area contributed by atoms with Crippen molar-refractivity contribution < 1.29 is 14.3 Å². The van der Waals surface area contributed by atoms with Gasteiger partial charge < -0.3 is 14.8 Å². The Kier molecular flexibility index (Phi) is 4.02. The minimum absolute atomic E-state index is 0.219. The third kappa shape index (κ3) is 3.32. The van der Waals surface area contributed by atoms with Gasteiger partial charge >= 0.3 is 6.09 Å². The molecule has 124 valence electrons. The van der Waals surface area contributed by atoms with Crippen molar-refractivity contribution in [3.8, 4) is 0 Å². The smallest absolute Gasteiger partial charge is 0.407 e. The summed E-state index contributed by atoms with van der Waals surface area (Å²) < 4.78 is 13.2. The fourth-order valence-electron chi connectivity index (χ4n) is 2.87. The van der Waals surface area contributed by atoms with Gasteiger partial charge in [-0.2, -0.15) is 5.10 Å². The van der Waals surface area contributed by atoms with E-state index in [0.717, 1.165) is 23.1 Å². The molecule has 0 fully saturated rings. The number of hydrogen-bond acceptors (Lipinski definition) is 4. The molecule has 0 saturated heterocycles. The molecule has 2 aromatic rings. The molecule has 1 aromatic carbocycles. The second kappa shape index (κ2) is 5.85. The third-order valence-corrected chi connectivity index (χ3v) is 3.76. The second-order valence-electron chi connectivity index (χ2n) is 6.85. The zero-order valence-electron chi connectivity index (χ0n) is 14.0. The van der Waals surface area contributed by atoms with Crippen LogP contribution in [0.3, 0.4) is 0 Å². The summed E-state index contributed by atoms with van der Waals surface area (Å²) in [5.41, 5.74) is 1.43. The number of nitrogens with one attached hydrogen (secondary N) is 1. The van der Waals surface area contributed by atoms with Gasteiger partial charge in [-0.25, -0.2) is 4.79 Å². The molecule has 6 nitrogen and oxygen atoms in total. The van der Waals surface area contributed by atoms with Crippen LogP contribution in [0.2, 0.25) is 0 Å². The average Bonchev–Trinajstić information content (AvgIpc) is 2.83. The molecule has 2 heterocycles. The maximum atomic E-state index is 12.0.